The predicted octanol–water partition coefficient (Wildman–Crippen LogP) is 5.21. The molecule has 0 atom stereocenters. The standard InChI is InChI=1S/C20H16F3NO3/c1-3-7-15(12(2)21)24-19-14(20(25)26)10-16(17(22)18(19)23)27-11-13-8-5-4-6-9-13/h3-10,24H,1-2,11H2,(H,25,26)/b15-7+. The number of aromatic carboxylic acids is 1. The Morgan fingerprint density at radius 2 is 1.89 bits per heavy atom. The van der Waals surface area contributed by atoms with E-state index in [0.29, 0.717) is 5.56 Å². The lowest BCUT2D eigenvalue weighted by Crippen LogP contribution is -2.12. The quantitative estimate of drug-likeness (QED) is 0.622. The molecule has 0 aromatic heterocycles. The van der Waals surface area contributed by atoms with E-state index in [-0.39, 0.29) is 12.3 Å². The minimum Gasteiger partial charge on any atom is -0.486 e. The smallest absolute Gasteiger partial charge is 0.338 e. The highest BCUT2D eigenvalue weighted by molar-refractivity contribution is 5.95. The van der Waals surface area contributed by atoms with E-state index in [1.807, 2.05) is 0 Å². The second-order valence-corrected chi connectivity index (χ2v) is 5.35. The molecule has 0 saturated heterocycles. The zero-order chi connectivity index (χ0) is 20.0. The van der Waals surface area contributed by atoms with Gasteiger partial charge in [0.15, 0.2) is 11.6 Å². The molecule has 2 aromatic carbocycles. The van der Waals surface area contributed by atoms with Crippen molar-refractivity contribution in [2.45, 2.75) is 6.61 Å². The van der Waals surface area contributed by atoms with Crippen molar-refractivity contribution in [3.63, 3.8) is 0 Å². The number of benzene rings is 2. The van der Waals surface area contributed by atoms with Crippen LogP contribution in [-0.4, -0.2) is 11.1 Å². The van der Waals surface area contributed by atoms with Gasteiger partial charge in [-0.2, -0.15) is 4.39 Å². The second kappa shape index (κ2) is 8.75. The van der Waals surface area contributed by atoms with Crippen molar-refractivity contribution >= 4 is 11.7 Å². The van der Waals surface area contributed by atoms with Crippen molar-refractivity contribution in [2.75, 3.05) is 5.32 Å². The summed E-state index contributed by atoms with van der Waals surface area (Å²) in [4.78, 5) is 11.5. The number of hydrogen-bond donors (Lipinski definition) is 2. The molecular formula is C20H16F3NO3. The van der Waals surface area contributed by atoms with Crippen LogP contribution in [0.4, 0.5) is 18.9 Å². The van der Waals surface area contributed by atoms with Gasteiger partial charge in [0.1, 0.15) is 12.4 Å². The van der Waals surface area contributed by atoms with Crippen LogP contribution in [0.3, 0.4) is 0 Å². The normalized spacial score (nSPS) is 11.0. The van der Waals surface area contributed by atoms with Crippen molar-refractivity contribution < 1.29 is 27.8 Å². The average Bonchev–Trinajstić information content (AvgIpc) is 2.64. The van der Waals surface area contributed by atoms with E-state index < -0.39 is 40.4 Å². The summed E-state index contributed by atoms with van der Waals surface area (Å²) in [5.41, 5.74) is -1.06. The first-order chi connectivity index (χ1) is 12.8. The maximum Gasteiger partial charge on any atom is 0.338 e. The SMILES string of the molecule is C=C/C=C(/Nc1c(C(=O)O)cc(OCc2ccccc2)c(F)c1F)C(=C)F. The van der Waals surface area contributed by atoms with Gasteiger partial charge in [0.25, 0.3) is 0 Å². The third-order valence-corrected chi connectivity index (χ3v) is 3.48. The summed E-state index contributed by atoms with van der Waals surface area (Å²) < 4.78 is 47.5. The number of anilines is 1. The summed E-state index contributed by atoms with van der Waals surface area (Å²) in [6.45, 7) is 6.31. The van der Waals surface area contributed by atoms with Gasteiger partial charge in [0.05, 0.1) is 16.9 Å². The van der Waals surface area contributed by atoms with E-state index in [9.17, 15) is 23.1 Å². The molecule has 0 aliphatic carbocycles. The van der Waals surface area contributed by atoms with Gasteiger partial charge in [-0.25, -0.2) is 13.6 Å². The molecule has 0 bridgehead atoms. The summed E-state index contributed by atoms with van der Waals surface area (Å²) in [5.74, 6) is -6.05. The van der Waals surface area contributed by atoms with Crippen LogP contribution in [0, 0.1) is 11.6 Å². The highest BCUT2D eigenvalue weighted by Crippen LogP contribution is 2.32. The number of rotatable bonds is 8. The second-order valence-electron chi connectivity index (χ2n) is 5.35. The molecule has 0 radical (unpaired) electrons. The molecule has 0 aliphatic heterocycles. The van der Waals surface area contributed by atoms with Crippen molar-refractivity contribution in [3.05, 3.63) is 96.0 Å². The van der Waals surface area contributed by atoms with Crippen LogP contribution in [0.25, 0.3) is 0 Å². The first-order valence-electron chi connectivity index (χ1n) is 7.71. The summed E-state index contributed by atoms with van der Waals surface area (Å²) in [7, 11) is 0. The van der Waals surface area contributed by atoms with Crippen LogP contribution in [-0.2, 0) is 6.61 Å². The fourth-order valence-corrected chi connectivity index (χ4v) is 2.19. The number of nitrogens with one attached hydrogen (secondary N) is 1. The number of halogens is 3. The van der Waals surface area contributed by atoms with Gasteiger partial charge < -0.3 is 15.2 Å². The van der Waals surface area contributed by atoms with Gasteiger partial charge in [-0.05, 0) is 11.6 Å². The Morgan fingerprint density at radius 1 is 1.22 bits per heavy atom. The van der Waals surface area contributed by atoms with E-state index in [1.54, 1.807) is 30.3 Å². The molecule has 4 nitrogen and oxygen atoms in total. The van der Waals surface area contributed by atoms with E-state index in [2.05, 4.69) is 18.5 Å². The van der Waals surface area contributed by atoms with Crippen molar-refractivity contribution in [1.29, 1.82) is 0 Å². The highest BCUT2D eigenvalue weighted by Gasteiger charge is 2.24. The lowest BCUT2D eigenvalue weighted by Gasteiger charge is -2.15. The monoisotopic (exact) mass is 375 g/mol. The van der Waals surface area contributed by atoms with Gasteiger partial charge in [-0.1, -0.05) is 49.6 Å². The number of ether oxygens (including phenoxy) is 1. The third kappa shape index (κ3) is 4.78. The fraction of sp³-hybridized carbons (Fsp3) is 0.0500. The molecule has 0 heterocycles. The Morgan fingerprint density at radius 3 is 2.44 bits per heavy atom. The van der Waals surface area contributed by atoms with Crippen LogP contribution in [0.15, 0.2) is 73.2 Å². The van der Waals surface area contributed by atoms with Crippen LogP contribution in [0.2, 0.25) is 0 Å². The molecule has 2 aromatic rings. The molecular weight excluding hydrogens is 359 g/mol. The first-order valence-corrected chi connectivity index (χ1v) is 7.71. The van der Waals surface area contributed by atoms with Crippen LogP contribution >= 0.6 is 0 Å². The molecule has 0 saturated carbocycles. The number of carbonyl (C=O) groups is 1. The molecule has 2 N–H and O–H groups in total. The molecule has 140 valence electrons. The lowest BCUT2D eigenvalue weighted by atomic mass is 10.1. The maximum absolute atomic E-state index is 14.5. The predicted molar refractivity (Wildman–Crippen MR) is 96.2 cm³/mol. The number of hydrogen-bond acceptors (Lipinski definition) is 3. The Bertz CT molecular complexity index is 908. The van der Waals surface area contributed by atoms with Crippen LogP contribution in [0.1, 0.15) is 15.9 Å². The van der Waals surface area contributed by atoms with Gasteiger partial charge in [-0.15, -0.1) is 0 Å². The average molecular weight is 375 g/mol. The molecule has 0 spiro atoms. The Labute approximate surface area is 153 Å². The Hall–Kier alpha value is -3.48. The number of allylic oxidation sites excluding steroid dienone is 3. The molecule has 7 heteroatoms. The molecule has 0 fully saturated rings. The van der Waals surface area contributed by atoms with Crippen LogP contribution in [0.5, 0.6) is 5.75 Å². The van der Waals surface area contributed by atoms with E-state index in [4.69, 9.17) is 4.74 Å². The molecule has 0 amide bonds. The van der Waals surface area contributed by atoms with Crippen molar-refractivity contribution in [2.24, 2.45) is 0 Å². The van der Waals surface area contributed by atoms with Gasteiger partial charge in [-0.3, -0.25) is 0 Å². The van der Waals surface area contributed by atoms with Crippen molar-refractivity contribution in [3.8, 4) is 5.75 Å². The van der Waals surface area contributed by atoms with E-state index in [1.165, 1.54) is 6.08 Å². The van der Waals surface area contributed by atoms with Crippen LogP contribution < -0.4 is 10.1 Å². The van der Waals surface area contributed by atoms with E-state index in [0.717, 1.165) is 12.1 Å². The third-order valence-electron chi connectivity index (χ3n) is 3.48. The number of carboxylic acid groups (broad SMARTS) is 1. The molecule has 2 rings (SSSR count). The summed E-state index contributed by atoms with van der Waals surface area (Å²) in [6.07, 6.45) is 2.28. The zero-order valence-corrected chi connectivity index (χ0v) is 14.1. The number of carboxylic acids is 1. The Kier molecular flexibility index (Phi) is 6.43. The zero-order valence-electron chi connectivity index (χ0n) is 14.1. The molecule has 27 heavy (non-hydrogen) atoms. The first kappa shape index (κ1) is 19.8. The maximum atomic E-state index is 14.5. The Balaban J connectivity index is 2.43. The fourth-order valence-electron chi connectivity index (χ4n) is 2.19. The summed E-state index contributed by atoms with van der Waals surface area (Å²) in [5, 5.41) is 11.5. The largest absolute Gasteiger partial charge is 0.486 e. The van der Waals surface area contributed by atoms with Gasteiger partial charge in [0.2, 0.25) is 5.82 Å². The minimum absolute atomic E-state index is 0.0913. The van der Waals surface area contributed by atoms with Gasteiger partial charge >= 0.3 is 5.97 Å². The van der Waals surface area contributed by atoms with E-state index >= 15 is 0 Å². The molecule has 0 aliphatic rings. The topological polar surface area (TPSA) is 58.6 Å². The molecule has 0 unspecified atom stereocenters. The summed E-state index contributed by atoms with van der Waals surface area (Å²) >= 11 is 0. The minimum atomic E-state index is -1.55. The highest BCUT2D eigenvalue weighted by atomic mass is 19.2. The van der Waals surface area contributed by atoms with Gasteiger partial charge in [0, 0.05) is 6.07 Å². The lowest BCUT2D eigenvalue weighted by molar-refractivity contribution is 0.0696. The van der Waals surface area contributed by atoms with Crippen molar-refractivity contribution in [1.82, 2.24) is 0 Å². The summed E-state index contributed by atoms with van der Waals surface area (Å²) in [6, 6.07) is 9.51.